The zero-order chi connectivity index (χ0) is 15.5. The Labute approximate surface area is 127 Å². The third kappa shape index (κ3) is 6.89. The van der Waals surface area contributed by atoms with E-state index in [-0.39, 0.29) is 13.2 Å². The molecule has 0 unspecified atom stereocenters. The molecule has 1 fully saturated rings. The summed E-state index contributed by atoms with van der Waals surface area (Å²) in [5.74, 6) is 0. The molecule has 0 aromatic rings. The van der Waals surface area contributed by atoms with E-state index in [1.807, 2.05) is 6.92 Å². The standard InChI is InChI=1S/C16H30O5/c1-2-3-4-5-6-7-8-9-10-20-16-14(19)12-21-15(16)13(18)11-17/h2-3,13-19H,4-12H2,1H3/b3-2+/t13-,14+,15-,16-/m0/s1. The van der Waals surface area contributed by atoms with E-state index in [0.29, 0.717) is 6.61 Å². The van der Waals surface area contributed by atoms with Gasteiger partial charge in [-0.3, -0.25) is 0 Å². The van der Waals surface area contributed by atoms with Gasteiger partial charge >= 0.3 is 0 Å². The number of aliphatic hydroxyl groups is 3. The summed E-state index contributed by atoms with van der Waals surface area (Å²) < 4.78 is 10.9. The Kier molecular flexibility index (Phi) is 9.87. The molecule has 5 nitrogen and oxygen atoms in total. The van der Waals surface area contributed by atoms with Crippen LogP contribution in [0.25, 0.3) is 0 Å². The van der Waals surface area contributed by atoms with Crippen LogP contribution in [0.2, 0.25) is 0 Å². The number of hydrogen-bond donors (Lipinski definition) is 3. The summed E-state index contributed by atoms with van der Waals surface area (Å²) in [6, 6.07) is 0. The first kappa shape index (κ1) is 18.6. The fraction of sp³-hybridized carbons (Fsp3) is 0.875. The Balaban J connectivity index is 2.08. The van der Waals surface area contributed by atoms with Crippen molar-refractivity contribution in [2.45, 2.75) is 69.9 Å². The molecule has 21 heavy (non-hydrogen) atoms. The van der Waals surface area contributed by atoms with Crippen LogP contribution >= 0.6 is 0 Å². The Hall–Kier alpha value is -0.460. The molecule has 0 radical (unpaired) electrons. The molecular formula is C16H30O5. The van der Waals surface area contributed by atoms with Gasteiger partial charge in [0.15, 0.2) is 0 Å². The third-order valence-electron chi connectivity index (χ3n) is 3.79. The minimum absolute atomic E-state index is 0.150. The van der Waals surface area contributed by atoms with Crippen molar-refractivity contribution in [2.75, 3.05) is 19.8 Å². The summed E-state index contributed by atoms with van der Waals surface area (Å²) >= 11 is 0. The molecule has 0 aromatic carbocycles. The van der Waals surface area contributed by atoms with E-state index in [0.717, 1.165) is 19.3 Å². The molecule has 124 valence electrons. The Morgan fingerprint density at radius 1 is 1.24 bits per heavy atom. The van der Waals surface area contributed by atoms with E-state index in [4.69, 9.17) is 14.6 Å². The van der Waals surface area contributed by atoms with E-state index >= 15 is 0 Å². The molecule has 4 atom stereocenters. The highest BCUT2D eigenvalue weighted by atomic mass is 16.6. The minimum atomic E-state index is -1.00. The van der Waals surface area contributed by atoms with Gasteiger partial charge in [0.2, 0.25) is 0 Å². The molecule has 1 aliphatic rings. The summed E-state index contributed by atoms with van der Waals surface area (Å²) in [7, 11) is 0. The quantitative estimate of drug-likeness (QED) is 0.397. The molecule has 1 heterocycles. The molecule has 0 bridgehead atoms. The van der Waals surface area contributed by atoms with E-state index in [2.05, 4.69) is 12.2 Å². The van der Waals surface area contributed by atoms with Crippen LogP contribution in [0.1, 0.15) is 45.4 Å². The van der Waals surface area contributed by atoms with Crippen LogP contribution in [0.5, 0.6) is 0 Å². The maximum absolute atomic E-state index is 9.78. The minimum Gasteiger partial charge on any atom is -0.394 e. The maximum Gasteiger partial charge on any atom is 0.114 e. The molecule has 0 spiro atoms. The highest BCUT2D eigenvalue weighted by molar-refractivity contribution is 4.89. The van der Waals surface area contributed by atoms with Gasteiger partial charge in [-0.1, -0.05) is 31.4 Å². The molecule has 1 aliphatic heterocycles. The fourth-order valence-electron chi connectivity index (χ4n) is 2.54. The molecular weight excluding hydrogens is 272 g/mol. The van der Waals surface area contributed by atoms with Crippen LogP contribution in [0.15, 0.2) is 12.2 Å². The molecule has 5 heteroatoms. The van der Waals surface area contributed by atoms with E-state index < -0.39 is 24.4 Å². The van der Waals surface area contributed by atoms with Gasteiger partial charge in [-0.2, -0.15) is 0 Å². The summed E-state index contributed by atoms with van der Waals surface area (Å²) in [5.41, 5.74) is 0. The SMILES string of the molecule is C/C=C/CCCCCCCO[C@@H]1[C@H]([C@@H](O)CO)OC[C@H]1O. The van der Waals surface area contributed by atoms with Crippen LogP contribution in [0.3, 0.4) is 0 Å². The number of ether oxygens (including phenoxy) is 2. The largest absolute Gasteiger partial charge is 0.394 e. The molecule has 1 rings (SSSR count). The Bertz CT molecular complexity index is 282. The van der Waals surface area contributed by atoms with Crippen molar-refractivity contribution in [3.05, 3.63) is 12.2 Å². The topological polar surface area (TPSA) is 79.2 Å². The van der Waals surface area contributed by atoms with Crippen molar-refractivity contribution in [2.24, 2.45) is 0 Å². The van der Waals surface area contributed by atoms with E-state index in [9.17, 15) is 10.2 Å². The summed E-state index contributed by atoms with van der Waals surface area (Å²) in [4.78, 5) is 0. The Morgan fingerprint density at radius 2 is 1.95 bits per heavy atom. The second-order valence-corrected chi connectivity index (χ2v) is 5.58. The lowest BCUT2D eigenvalue weighted by atomic mass is 10.1. The zero-order valence-electron chi connectivity index (χ0n) is 13.0. The van der Waals surface area contributed by atoms with Gasteiger partial charge in [0.05, 0.1) is 13.2 Å². The van der Waals surface area contributed by atoms with Gasteiger partial charge in [0.25, 0.3) is 0 Å². The van der Waals surface area contributed by atoms with Gasteiger partial charge in [-0.05, 0) is 26.2 Å². The van der Waals surface area contributed by atoms with Crippen LogP contribution in [-0.2, 0) is 9.47 Å². The van der Waals surface area contributed by atoms with Crippen molar-refractivity contribution in [1.82, 2.24) is 0 Å². The van der Waals surface area contributed by atoms with E-state index in [1.165, 1.54) is 19.3 Å². The monoisotopic (exact) mass is 302 g/mol. The van der Waals surface area contributed by atoms with Crippen molar-refractivity contribution < 1.29 is 24.8 Å². The lowest BCUT2D eigenvalue weighted by Crippen LogP contribution is -2.42. The fourth-order valence-corrected chi connectivity index (χ4v) is 2.54. The number of hydrogen-bond acceptors (Lipinski definition) is 5. The molecule has 0 aliphatic carbocycles. The number of rotatable bonds is 11. The first-order chi connectivity index (χ1) is 10.2. The molecule has 0 saturated carbocycles. The second-order valence-electron chi connectivity index (χ2n) is 5.58. The average Bonchev–Trinajstić information content (AvgIpc) is 2.86. The van der Waals surface area contributed by atoms with Gasteiger partial charge in [-0.25, -0.2) is 0 Å². The predicted molar refractivity (Wildman–Crippen MR) is 81.1 cm³/mol. The predicted octanol–water partition coefficient (Wildman–Crippen LogP) is 1.40. The lowest BCUT2D eigenvalue weighted by Gasteiger charge is -2.23. The molecule has 0 amide bonds. The van der Waals surface area contributed by atoms with Crippen molar-refractivity contribution in [1.29, 1.82) is 0 Å². The highest BCUT2D eigenvalue weighted by Gasteiger charge is 2.40. The van der Waals surface area contributed by atoms with Gasteiger partial charge in [0, 0.05) is 6.61 Å². The molecule has 0 aromatic heterocycles. The van der Waals surface area contributed by atoms with Crippen molar-refractivity contribution in [3.63, 3.8) is 0 Å². The van der Waals surface area contributed by atoms with Crippen LogP contribution in [0.4, 0.5) is 0 Å². The van der Waals surface area contributed by atoms with Gasteiger partial charge < -0.3 is 24.8 Å². The van der Waals surface area contributed by atoms with Crippen molar-refractivity contribution >= 4 is 0 Å². The average molecular weight is 302 g/mol. The van der Waals surface area contributed by atoms with Gasteiger partial charge in [-0.15, -0.1) is 0 Å². The number of unbranched alkanes of at least 4 members (excludes halogenated alkanes) is 5. The highest BCUT2D eigenvalue weighted by Crippen LogP contribution is 2.21. The molecule has 1 saturated heterocycles. The van der Waals surface area contributed by atoms with Crippen LogP contribution in [0, 0.1) is 0 Å². The Morgan fingerprint density at radius 3 is 2.67 bits per heavy atom. The maximum atomic E-state index is 9.78. The van der Waals surface area contributed by atoms with Crippen LogP contribution in [-0.4, -0.2) is 59.6 Å². The van der Waals surface area contributed by atoms with Crippen LogP contribution < -0.4 is 0 Å². The summed E-state index contributed by atoms with van der Waals surface area (Å²) in [6.45, 7) is 2.36. The lowest BCUT2D eigenvalue weighted by molar-refractivity contribution is -0.0938. The summed E-state index contributed by atoms with van der Waals surface area (Å²) in [5, 5.41) is 28.4. The first-order valence-electron chi connectivity index (χ1n) is 8.02. The number of aliphatic hydroxyl groups excluding tert-OH is 3. The zero-order valence-corrected chi connectivity index (χ0v) is 13.0. The third-order valence-corrected chi connectivity index (χ3v) is 3.79. The normalized spacial score (nSPS) is 27.5. The van der Waals surface area contributed by atoms with E-state index in [1.54, 1.807) is 0 Å². The molecule has 3 N–H and O–H groups in total. The second kappa shape index (κ2) is 11.2. The smallest absolute Gasteiger partial charge is 0.114 e. The first-order valence-corrected chi connectivity index (χ1v) is 8.02. The van der Waals surface area contributed by atoms with Gasteiger partial charge in [0.1, 0.15) is 24.4 Å². The number of allylic oxidation sites excluding steroid dienone is 2. The summed E-state index contributed by atoms with van der Waals surface area (Å²) in [6.07, 6.45) is 8.21. The van der Waals surface area contributed by atoms with Crippen molar-refractivity contribution in [3.8, 4) is 0 Å².